The van der Waals surface area contributed by atoms with Crippen LogP contribution >= 0.6 is 11.8 Å². The van der Waals surface area contributed by atoms with Crippen molar-refractivity contribution in [2.75, 3.05) is 19.8 Å². The van der Waals surface area contributed by atoms with Gasteiger partial charge in [-0.05, 0) is 41.4 Å². The molecule has 0 radical (unpaired) electrons. The number of imide groups is 1. The van der Waals surface area contributed by atoms with Crippen LogP contribution in [0.5, 0.6) is 0 Å². The molecule has 2 aliphatic rings. The van der Waals surface area contributed by atoms with Gasteiger partial charge >= 0.3 is 11.2 Å². The Labute approximate surface area is 154 Å². The summed E-state index contributed by atoms with van der Waals surface area (Å²) in [5.41, 5.74) is 0.813. The van der Waals surface area contributed by atoms with E-state index < -0.39 is 18.2 Å². The number of likely N-dealkylation sites (N-methyl/N-ethyl adjacent to an activating group) is 2. The SMILES string of the molecule is CC(O)CSC1=[N+](Cc2ccc(F)cc2)C2C(=O)N(C)C(=O)N(C)C2=N1. The van der Waals surface area contributed by atoms with Crippen LogP contribution in [0.25, 0.3) is 0 Å². The summed E-state index contributed by atoms with van der Waals surface area (Å²) in [4.78, 5) is 31.8. The maximum atomic E-state index is 13.2. The quantitative estimate of drug-likeness (QED) is 0.796. The van der Waals surface area contributed by atoms with Gasteiger partial charge in [-0.1, -0.05) is 12.1 Å². The van der Waals surface area contributed by atoms with E-state index in [1.807, 2.05) is 0 Å². The van der Waals surface area contributed by atoms with Crippen molar-refractivity contribution < 1.29 is 23.7 Å². The summed E-state index contributed by atoms with van der Waals surface area (Å²) < 4.78 is 15.0. The number of carbonyl (C=O) groups excluding carboxylic acids is 2. The summed E-state index contributed by atoms with van der Waals surface area (Å²) >= 11 is 1.32. The lowest BCUT2D eigenvalue weighted by molar-refractivity contribution is -0.548. The number of hydrogen-bond donors (Lipinski definition) is 1. The monoisotopic (exact) mass is 379 g/mol. The second-order valence-electron chi connectivity index (χ2n) is 6.31. The lowest BCUT2D eigenvalue weighted by atomic mass is 10.1. The van der Waals surface area contributed by atoms with E-state index in [0.29, 0.717) is 23.3 Å². The highest BCUT2D eigenvalue weighted by Crippen LogP contribution is 2.24. The lowest BCUT2D eigenvalue weighted by Gasteiger charge is -2.30. The molecule has 2 heterocycles. The highest BCUT2D eigenvalue weighted by molar-refractivity contribution is 8.13. The van der Waals surface area contributed by atoms with Crippen LogP contribution in [0.3, 0.4) is 0 Å². The van der Waals surface area contributed by atoms with E-state index >= 15 is 0 Å². The zero-order valence-corrected chi connectivity index (χ0v) is 15.5. The number of halogens is 1. The van der Waals surface area contributed by atoms with Gasteiger partial charge in [-0.2, -0.15) is 0 Å². The minimum atomic E-state index is -0.718. The second-order valence-corrected chi connectivity index (χ2v) is 7.30. The maximum absolute atomic E-state index is 13.2. The molecule has 3 rings (SSSR count). The van der Waals surface area contributed by atoms with Gasteiger partial charge in [0.1, 0.15) is 12.4 Å². The van der Waals surface area contributed by atoms with Crippen molar-refractivity contribution >= 4 is 34.7 Å². The van der Waals surface area contributed by atoms with Gasteiger partial charge < -0.3 is 5.11 Å². The molecular formula is C17H20FN4O3S+. The molecule has 138 valence electrons. The van der Waals surface area contributed by atoms with Crippen LogP contribution in [0, 0.1) is 5.82 Å². The molecule has 7 nitrogen and oxygen atoms in total. The number of aliphatic hydroxyl groups is 1. The molecule has 0 bridgehead atoms. The zero-order valence-electron chi connectivity index (χ0n) is 14.7. The minimum absolute atomic E-state index is 0.335. The molecule has 0 aromatic heterocycles. The lowest BCUT2D eigenvalue weighted by Crippen LogP contribution is -2.61. The third-order valence-electron chi connectivity index (χ3n) is 4.21. The summed E-state index contributed by atoms with van der Waals surface area (Å²) in [5.74, 6) is 0.0778. The summed E-state index contributed by atoms with van der Waals surface area (Å²) in [5, 5.41) is 10.1. The van der Waals surface area contributed by atoms with Gasteiger partial charge in [0.05, 0.1) is 6.10 Å². The van der Waals surface area contributed by atoms with E-state index in [1.54, 1.807) is 30.7 Å². The standard InChI is InChI=1S/C17H20FN4O3S/c1-10(23)9-26-16-19-14-13(15(24)21(3)17(25)20(14)2)22(16)8-11-4-6-12(18)7-5-11/h4-7,10,13,23H,8-9H2,1-3H3/q+1. The van der Waals surface area contributed by atoms with Crippen molar-refractivity contribution in [1.29, 1.82) is 0 Å². The topological polar surface area (TPSA) is 76.2 Å². The molecule has 2 atom stereocenters. The van der Waals surface area contributed by atoms with E-state index in [9.17, 15) is 19.1 Å². The van der Waals surface area contributed by atoms with Crippen LogP contribution in [0.2, 0.25) is 0 Å². The summed E-state index contributed by atoms with van der Waals surface area (Å²) in [6, 6.07) is 4.87. The smallest absolute Gasteiger partial charge is 0.358 e. The molecule has 1 fully saturated rings. The van der Waals surface area contributed by atoms with Crippen LogP contribution in [0.4, 0.5) is 9.18 Å². The number of rotatable bonds is 4. The van der Waals surface area contributed by atoms with Crippen molar-refractivity contribution in [2.45, 2.75) is 25.6 Å². The third kappa shape index (κ3) is 3.36. The number of aliphatic hydroxyl groups excluding tert-OH is 1. The van der Waals surface area contributed by atoms with Gasteiger partial charge in [-0.25, -0.2) is 13.8 Å². The third-order valence-corrected chi connectivity index (χ3v) is 5.45. The summed E-state index contributed by atoms with van der Waals surface area (Å²) in [6.07, 6.45) is -0.541. The van der Waals surface area contributed by atoms with Crippen molar-refractivity contribution in [3.8, 4) is 0 Å². The molecule has 1 aromatic carbocycles. The first-order valence-electron chi connectivity index (χ1n) is 8.12. The van der Waals surface area contributed by atoms with Crippen LogP contribution in [0.15, 0.2) is 29.3 Å². The molecule has 0 spiro atoms. The first-order valence-corrected chi connectivity index (χ1v) is 9.11. The van der Waals surface area contributed by atoms with Crippen LogP contribution in [-0.4, -0.2) is 74.4 Å². The largest absolute Gasteiger partial charge is 0.393 e. The molecule has 1 N–H and O–H groups in total. The Balaban J connectivity index is 1.98. The van der Waals surface area contributed by atoms with Crippen molar-refractivity contribution in [3.63, 3.8) is 0 Å². The Bertz CT molecular complexity index is 807. The second kappa shape index (κ2) is 7.16. The highest BCUT2D eigenvalue weighted by atomic mass is 32.2. The molecule has 26 heavy (non-hydrogen) atoms. The average molecular weight is 379 g/mol. The predicted molar refractivity (Wildman–Crippen MR) is 96.7 cm³/mol. The molecule has 9 heteroatoms. The van der Waals surface area contributed by atoms with E-state index in [0.717, 1.165) is 10.5 Å². The Morgan fingerprint density at radius 2 is 1.92 bits per heavy atom. The molecule has 0 aliphatic carbocycles. The minimum Gasteiger partial charge on any atom is -0.393 e. The number of hydrogen-bond acceptors (Lipinski definition) is 5. The Morgan fingerprint density at radius 3 is 2.54 bits per heavy atom. The van der Waals surface area contributed by atoms with E-state index in [1.165, 1.54) is 35.8 Å². The molecular weight excluding hydrogens is 359 g/mol. The van der Waals surface area contributed by atoms with Gasteiger partial charge in [-0.15, -0.1) is 0 Å². The summed E-state index contributed by atoms with van der Waals surface area (Å²) in [7, 11) is 3.02. The number of thioether (sulfide) groups is 1. The molecule has 3 amide bonds. The predicted octanol–water partition coefficient (Wildman–Crippen LogP) is 1.11. The number of nitrogens with zero attached hydrogens (tertiary/aromatic N) is 4. The molecule has 2 unspecified atom stereocenters. The number of benzene rings is 1. The highest BCUT2D eigenvalue weighted by Gasteiger charge is 2.53. The molecule has 0 saturated carbocycles. The van der Waals surface area contributed by atoms with Gasteiger partial charge in [-0.3, -0.25) is 14.6 Å². The van der Waals surface area contributed by atoms with Crippen molar-refractivity contribution in [2.24, 2.45) is 4.99 Å². The van der Waals surface area contributed by atoms with Gasteiger partial charge in [0.2, 0.25) is 0 Å². The van der Waals surface area contributed by atoms with E-state index in [2.05, 4.69) is 4.99 Å². The molecule has 2 aliphatic heterocycles. The molecule has 1 aromatic rings. The fraction of sp³-hybridized carbons (Fsp3) is 0.412. The van der Waals surface area contributed by atoms with Crippen molar-refractivity contribution in [3.05, 3.63) is 35.6 Å². The Kier molecular flexibility index (Phi) is 5.10. The number of amides is 3. The summed E-state index contributed by atoms with van der Waals surface area (Å²) in [6.45, 7) is 2.00. The van der Waals surface area contributed by atoms with Gasteiger partial charge in [0, 0.05) is 19.8 Å². The fourth-order valence-electron chi connectivity index (χ4n) is 2.83. The van der Waals surface area contributed by atoms with Gasteiger partial charge in [0.15, 0.2) is 0 Å². The normalized spacial score (nSPS) is 21.3. The average Bonchev–Trinajstić information content (AvgIpc) is 2.96. The molecule has 1 saturated heterocycles. The Hall–Kier alpha value is -2.26. The first-order chi connectivity index (χ1) is 12.3. The van der Waals surface area contributed by atoms with Crippen LogP contribution in [0.1, 0.15) is 12.5 Å². The zero-order chi connectivity index (χ0) is 19.0. The number of fused-ring (bicyclic) bond motifs is 1. The van der Waals surface area contributed by atoms with Crippen LogP contribution < -0.4 is 0 Å². The number of carbonyl (C=O) groups is 2. The fourth-order valence-corrected chi connectivity index (χ4v) is 3.72. The number of aliphatic imine (C=N–C) groups is 1. The van der Waals surface area contributed by atoms with Crippen molar-refractivity contribution in [1.82, 2.24) is 9.80 Å². The maximum Gasteiger partial charge on any atom is 0.358 e. The number of amidine groups is 2. The Morgan fingerprint density at radius 1 is 1.27 bits per heavy atom. The number of urea groups is 1. The first kappa shape index (κ1) is 18.5. The van der Waals surface area contributed by atoms with E-state index in [-0.39, 0.29) is 11.7 Å². The van der Waals surface area contributed by atoms with Crippen LogP contribution in [-0.2, 0) is 11.3 Å². The van der Waals surface area contributed by atoms with Gasteiger partial charge in [0.25, 0.3) is 17.8 Å². The van der Waals surface area contributed by atoms with E-state index in [4.69, 9.17) is 0 Å².